The fraction of sp³-hybridized carbons (Fsp3) is 0.200. The lowest BCUT2D eigenvalue weighted by Gasteiger charge is -2.11. The van der Waals surface area contributed by atoms with Crippen LogP contribution in [0.25, 0.3) is 0 Å². The minimum Gasteiger partial charge on any atom is -0.398 e. The van der Waals surface area contributed by atoms with Crippen LogP contribution in [0.4, 0.5) is 11.4 Å². The SMILES string of the molecule is Cc1cc(NCCc2ccccc2)c(Br)cc1N. The number of rotatable bonds is 4. The summed E-state index contributed by atoms with van der Waals surface area (Å²) in [6.45, 7) is 2.93. The Labute approximate surface area is 116 Å². The van der Waals surface area contributed by atoms with Crippen molar-refractivity contribution in [3.05, 3.63) is 58.1 Å². The highest BCUT2D eigenvalue weighted by Gasteiger charge is 2.02. The van der Waals surface area contributed by atoms with Crippen LogP contribution in [-0.4, -0.2) is 6.54 Å². The standard InChI is InChI=1S/C15H17BrN2/c1-11-9-15(13(16)10-14(11)17)18-8-7-12-5-3-2-4-6-12/h2-6,9-10,18H,7-8,17H2,1H3. The van der Waals surface area contributed by atoms with Crippen LogP contribution in [0.2, 0.25) is 0 Å². The van der Waals surface area contributed by atoms with Crippen LogP contribution in [0.1, 0.15) is 11.1 Å². The molecule has 2 aromatic carbocycles. The number of hydrogen-bond donors (Lipinski definition) is 2. The molecular formula is C15H17BrN2. The normalized spacial score (nSPS) is 10.3. The molecular weight excluding hydrogens is 288 g/mol. The second-order valence-corrected chi connectivity index (χ2v) is 5.21. The van der Waals surface area contributed by atoms with Crippen molar-refractivity contribution in [3.63, 3.8) is 0 Å². The molecule has 94 valence electrons. The number of benzene rings is 2. The molecule has 0 aliphatic carbocycles. The maximum absolute atomic E-state index is 5.85. The van der Waals surface area contributed by atoms with E-state index in [4.69, 9.17) is 5.73 Å². The first-order valence-corrected chi connectivity index (χ1v) is 6.79. The molecule has 3 N–H and O–H groups in total. The molecule has 0 bridgehead atoms. The first-order chi connectivity index (χ1) is 8.66. The van der Waals surface area contributed by atoms with Gasteiger partial charge in [0.25, 0.3) is 0 Å². The average molecular weight is 305 g/mol. The summed E-state index contributed by atoms with van der Waals surface area (Å²) in [6, 6.07) is 14.5. The Bertz CT molecular complexity index is 524. The molecule has 0 spiro atoms. The van der Waals surface area contributed by atoms with E-state index in [0.717, 1.165) is 34.4 Å². The second-order valence-electron chi connectivity index (χ2n) is 4.35. The first kappa shape index (κ1) is 13.0. The Morgan fingerprint density at radius 1 is 1.17 bits per heavy atom. The van der Waals surface area contributed by atoms with Crippen LogP contribution in [0, 0.1) is 6.92 Å². The summed E-state index contributed by atoms with van der Waals surface area (Å²) >= 11 is 3.53. The molecule has 2 aromatic rings. The summed E-state index contributed by atoms with van der Waals surface area (Å²) < 4.78 is 1.01. The number of nitrogens with two attached hydrogens (primary N) is 1. The highest BCUT2D eigenvalue weighted by atomic mass is 79.9. The molecule has 0 fully saturated rings. The van der Waals surface area contributed by atoms with Gasteiger partial charge in [-0.05, 0) is 52.5 Å². The summed E-state index contributed by atoms with van der Waals surface area (Å²) in [6.07, 6.45) is 1.01. The van der Waals surface area contributed by atoms with Crippen molar-refractivity contribution >= 4 is 27.3 Å². The second kappa shape index (κ2) is 5.91. The monoisotopic (exact) mass is 304 g/mol. The van der Waals surface area contributed by atoms with Crippen LogP contribution in [0.15, 0.2) is 46.9 Å². The van der Waals surface area contributed by atoms with Crippen LogP contribution in [0.5, 0.6) is 0 Å². The van der Waals surface area contributed by atoms with Crippen molar-refractivity contribution in [2.75, 3.05) is 17.6 Å². The topological polar surface area (TPSA) is 38.0 Å². The molecule has 0 unspecified atom stereocenters. The smallest absolute Gasteiger partial charge is 0.0488 e. The number of nitrogen functional groups attached to an aromatic ring is 1. The summed E-state index contributed by atoms with van der Waals surface area (Å²) in [5, 5.41) is 3.43. The Hall–Kier alpha value is -1.48. The van der Waals surface area contributed by atoms with Gasteiger partial charge >= 0.3 is 0 Å². The van der Waals surface area contributed by atoms with Crippen molar-refractivity contribution < 1.29 is 0 Å². The third kappa shape index (κ3) is 3.26. The van der Waals surface area contributed by atoms with E-state index >= 15 is 0 Å². The zero-order valence-electron chi connectivity index (χ0n) is 10.4. The van der Waals surface area contributed by atoms with Crippen LogP contribution >= 0.6 is 15.9 Å². The van der Waals surface area contributed by atoms with Crippen molar-refractivity contribution in [1.82, 2.24) is 0 Å². The Balaban J connectivity index is 1.97. The molecule has 0 radical (unpaired) electrons. The van der Waals surface area contributed by atoms with Gasteiger partial charge in [0.1, 0.15) is 0 Å². The highest BCUT2D eigenvalue weighted by Crippen LogP contribution is 2.27. The quantitative estimate of drug-likeness (QED) is 0.838. The van der Waals surface area contributed by atoms with Crippen LogP contribution in [0.3, 0.4) is 0 Å². The minimum atomic E-state index is 0.815. The zero-order valence-corrected chi connectivity index (χ0v) is 12.0. The minimum absolute atomic E-state index is 0.815. The van der Waals surface area contributed by atoms with E-state index in [0.29, 0.717) is 0 Å². The number of halogens is 1. The van der Waals surface area contributed by atoms with Crippen molar-refractivity contribution in [3.8, 4) is 0 Å². The maximum Gasteiger partial charge on any atom is 0.0488 e. The Morgan fingerprint density at radius 3 is 2.61 bits per heavy atom. The van der Waals surface area contributed by atoms with Gasteiger partial charge < -0.3 is 11.1 Å². The Morgan fingerprint density at radius 2 is 1.89 bits per heavy atom. The summed E-state index contributed by atoms with van der Waals surface area (Å²) in [5.41, 5.74) is 10.2. The predicted octanol–water partition coefficient (Wildman–Crippen LogP) is 3.99. The number of hydrogen-bond acceptors (Lipinski definition) is 2. The molecule has 2 rings (SSSR count). The van der Waals surface area contributed by atoms with Gasteiger partial charge in [-0.2, -0.15) is 0 Å². The first-order valence-electron chi connectivity index (χ1n) is 6.00. The van der Waals surface area contributed by atoms with E-state index in [1.165, 1.54) is 5.56 Å². The van der Waals surface area contributed by atoms with Gasteiger partial charge in [-0.15, -0.1) is 0 Å². The van der Waals surface area contributed by atoms with Gasteiger partial charge in [0.05, 0.1) is 0 Å². The fourth-order valence-electron chi connectivity index (χ4n) is 1.82. The van der Waals surface area contributed by atoms with Gasteiger partial charge in [0.15, 0.2) is 0 Å². The average Bonchev–Trinajstić information content (AvgIpc) is 2.37. The molecule has 0 saturated heterocycles. The number of anilines is 2. The van der Waals surface area contributed by atoms with Crippen molar-refractivity contribution in [2.24, 2.45) is 0 Å². The maximum atomic E-state index is 5.85. The van der Waals surface area contributed by atoms with E-state index < -0.39 is 0 Å². The van der Waals surface area contributed by atoms with E-state index in [-0.39, 0.29) is 0 Å². The lowest BCUT2D eigenvalue weighted by Crippen LogP contribution is -2.06. The molecule has 0 aliphatic heterocycles. The number of aryl methyl sites for hydroxylation is 1. The molecule has 0 atom stereocenters. The predicted molar refractivity (Wildman–Crippen MR) is 81.9 cm³/mol. The summed E-state index contributed by atoms with van der Waals surface area (Å²) in [5.74, 6) is 0. The molecule has 0 saturated carbocycles. The molecule has 0 amide bonds. The summed E-state index contributed by atoms with van der Waals surface area (Å²) in [7, 11) is 0. The largest absolute Gasteiger partial charge is 0.398 e. The van der Waals surface area contributed by atoms with Crippen molar-refractivity contribution in [1.29, 1.82) is 0 Å². The van der Waals surface area contributed by atoms with Gasteiger partial charge in [0, 0.05) is 22.4 Å². The van der Waals surface area contributed by atoms with Crippen LogP contribution < -0.4 is 11.1 Å². The summed E-state index contributed by atoms with van der Waals surface area (Å²) in [4.78, 5) is 0. The molecule has 3 heteroatoms. The van der Waals surface area contributed by atoms with Crippen LogP contribution in [-0.2, 0) is 6.42 Å². The molecule has 0 heterocycles. The third-order valence-corrected chi connectivity index (χ3v) is 3.58. The molecule has 0 aromatic heterocycles. The molecule has 0 aliphatic rings. The van der Waals surface area contributed by atoms with E-state index in [1.807, 2.05) is 19.1 Å². The molecule has 2 nitrogen and oxygen atoms in total. The zero-order chi connectivity index (χ0) is 13.0. The van der Waals surface area contributed by atoms with Gasteiger partial charge in [-0.3, -0.25) is 0 Å². The Kier molecular flexibility index (Phi) is 4.26. The lowest BCUT2D eigenvalue weighted by atomic mass is 10.1. The van der Waals surface area contributed by atoms with Gasteiger partial charge in [-0.25, -0.2) is 0 Å². The molecule has 18 heavy (non-hydrogen) atoms. The van der Waals surface area contributed by atoms with E-state index in [1.54, 1.807) is 0 Å². The lowest BCUT2D eigenvalue weighted by molar-refractivity contribution is 1.02. The van der Waals surface area contributed by atoms with Crippen molar-refractivity contribution in [2.45, 2.75) is 13.3 Å². The van der Waals surface area contributed by atoms with E-state index in [9.17, 15) is 0 Å². The van der Waals surface area contributed by atoms with E-state index in [2.05, 4.69) is 51.6 Å². The van der Waals surface area contributed by atoms with Gasteiger partial charge in [-0.1, -0.05) is 30.3 Å². The third-order valence-electron chi connectivity index (χ3n) is 2.93. The fourth-order valence-corrected chi connectivity index (χ4v) is 2.32. The number of nitrogens with one attached hydrogen (secondary N) is 1. The highest BCUT2D eigenvalue weighted by molar-refractivity contribution is 9.10. The van der Waals surface area contributed by atoms with Gasteiger partial charge in [0.2, 0.25) is 0 Å².